The molecule has 0 radical (unpaired) electrons. The number of anilines is 2. The molecule has 2 aromatic rings. The molecule has 1 fully saturated rings. The number of ether oxygens (including phenoxy) is 2. The van der Waals surface area contributed by atoms with E-state index in [9.17, 15) is 18.0 Å². The van der Waals surface area contributed by atoms with E-state index in [2.05, 4.69) is 30.7 Å². The Labute approximate surface area is 201 Å². The van der Waals surface area contributed by atoms with Gasteiger partial charge in [0.15, 0.2) is 5.75 Å². The summed E-state index contributed by atoms with van der Waals surface area (Å²) < 4.78 is 50.5. The highest BCUT2D eigenvalue weighted by molar-refractivity contribution is 6.33. The van der Waals surface area contributed by atoms with E-state index in [1.165, 1.54) is 11.0 Å². The van der Waals surface area contributed by atoms with Crippen LogP contribution in [0.3, 0.4) is 0 Å². The third-order valence-corrected chi connectivity index (χ3v) is 7.05. The normalized spacial score (nSPS) is 20.9. The molecule has 0 aliphatic carbocycles. The van der Waals surface area contributed by atoms with Gasteiger partial charge in [-0.25, -0.2) is 4.79 Å². The van der Waals surface area contributed by atoms with Gasteiger partial charge in [0.25, 0.3) is 0 Å². The number of nitrogens with zero attached hydrogens (tertiary/aromatic N) is 3. The average molecular weight is 498 g/mol. The molecule has 2 aliphatic rings. The third kappa shape index (κ3) is 4.51. The Bertz CT molecular complexity index is 1080. The monoisotopic (exact) mass is 497 g/mol. The molecule has 184 valence electrons. The molecule has 2 heterocycles. The Morgan fingerprint density at radius 1 is 1.09 bits per heavy atom. The van der Waals surface area contributed by atoms with Crippen LogP contribution in [0.1, 0.15) is 25.0 Å². The highest BCUT2D eigenvalue weighted by Crippen LogP contribution is 2.42. The summed E-state index contributed by atoms with van der Waals surface area (Å²) in [5.74, 6) is 0.393. The second kappa shape index (κ2) is 9.19. The molecule has 1 saturated heterocycles. The second-order valence-corrected chi connectivity index (χ2v) is 9.18. The van der Waals surface area contributed by atoms with Crippen molar-refractivity contribution in [3.63, 3.8) is 0 Å². The maximum Gasteiger partial charge on any atom is 0.419 e. The van der Waals surface area contributed by atoms with Gasteiger partial charge in [0.1, 0.15) is 5.75 Å². The van der Waals surface area contributed by atoms with Crippen molar-refractivity contribution < 1.29 is 27.4 Å². The fourth-order valence-corrected chi connectivity index (χ4v) is 4.83. The number of alkyl halides is 3. The van der Waals surface area contributed by atoms with Crippen molar-refractivity contribution in [1.29, 1.82) is 0 Å². The number of amides is 1. The molecule has 0 N–H and O–H groups in total. The lowest BCUT2D eigenvalue weighted by molar-refractivity contribution is -0.137. The van der Waals surface area contributed by atoms with Crippen LogP contribution in [0.4, 0.5) is 29.3 Å². The van der Waals surface area contributed by atoms with Crippen LogP contribution in [0.5, 0.6) is 11.5 Å². The van der Waals surface area contributed by atoms with Crippen molar-refractivity contribution in [2.45, 2.75) is 38.5 Å². The molecule has 34 heavy (non-hydrogen) atoms. The molecular formula is C24H27ClF3N3O3. The fraction of sp³-hybridized carbons (Fsp3) is 0.458. The van der Waals surface area contributed by atoms with E-state index in [0.29, 0.717) is 30.7 Å². The summed E-state index contributed by atoms with van der Waals surface area (Å²) in [6.07, 6.45) is -4.86. The maximum absolute atomic E-state index is 13.2. The number of hydrogen-bond donors (Lipinski definition) is 0. The summed E-state index contributed by atoms with van der Waals surface area (Å²) in [6, 6.07) is 7.73. The summed E-state index contributed by atoms with van der Waals surface area (Å²) in [5.41, 5.74) is 1.38. The molecule has 0 bridgehead atoms. The Morgan fingerprint density at radius 2 is 1.76 bits per heavy atom. The lowest BCUT2D eigenvalue weighted by Crippen LogP contribution is -2.55. The lowest BCUT2D eigenvalue weighted by atomic mass is 10.1. The van der Waals surface area contributed by atoms with E-state index in [-0.39, 0.29) is 5.75 Å². The van der Waals surface area contributed by atoms with Crippen LogP contribution in [-0.4, -0.2) is 56.9 Å². The summed E-state index contributed by atoms with van der Waals surface area (Å²) in [4.78, 5) is 19.0. The van der Waals surface area contributed by atoms with Crippen molar-refractivity contribution in [1.82, 2.24) is 4.90 Å². The van der Waals surface area contributed by atoms with E-state index in [4.69, 9.17) is 21.1 Å². The standard InChI is InChI=1S/C24H27ClF3N3O3/c1-14-12-30(13-15(2)29(14)3)19-11-18-16(10-21(19)33-4)8-9-31(18)23(32)34-20-7-5-6-17(22(20)25)24(26,27)28/h5-7,10-11,14-15H,8-9,12-13H2,1-4H3. The molecule has 1 amide bonds. The number of piperazine rings is 1. The molecule has 0 spiro atoms. The van der Waals surface area contributed by atoms with Gasteiger partial charge >= 0.3 is 12.3 Å². The van der Waals surface area contributed by atoms with E-state index < -0.39 is 22.9 Å². The van der Waals surface area contributed by atoms with Crippen LogP contribution < -0.4 is 19.3 Å². The minimum atomic E-state index is -4.65. The number of methoxy groups -OCH3 is 1. The molecule has 6 nitrogen and oxygen atoms in total. The first-order valence-corrected chi connectivity index (χ1v) is 11.4. The molecule has 4 rings (SSSR count). The van der Waals surface area contributed by atoms with Crippen LogP contribution in [0.25, 0.3) is 0 Å². The zero-order chi connectivity index (χ0) is 24.8. The van der Waals surface area contributed by atoms with Crippen LogP contribution in [0, 0.1) is 0 Å². The number of carbonyl (C=O) groups excluding carboxylic acids is 1. The zero-order valence-electron chi connectivity index (χ0n) is 19.4. The summed E-state index contributed by atoms with van der Waals surface area (Å²) >= 11 is 5.91. The summed E-state index contributed by atoms with van der Waals surface area (Å²) in [7, 11) is 3.72. The SMILES string of the molecule is COc1cc2c(cc1N1CC(C)N(C)C(C)C1)N(C(=O)Oc1cccc(C(F)(F)F)c1Cl)CC2. The van der Waals surface area contributed by atoms with E-state index in [1.807, 2.05) is 12.1 Å². The molecule has 2 aromatic carbocycles. The van der Waals surface area contributed by atoms with Crippen molar-refractivity contribution in [3.05, 3.63) is 46.5 Å². The van der Waals surface area contributed by atoms with E-state index >= 15 is 0 Å². The molecule has 2 aliphatic heterocycles. The van der Waals surface area contributed by atoms with Gasteiger partial charge in [0, 0.05) is 31.7 Å². The summed E-state index contributed by atoms with van der Waals surface area (Å²) in [6.45, 7) is 6.24. The number of fused-ring (bicyclic) bond motifs is 1. The van der Waals surface area contributed by atoms with Gasteiger partial charge in [0.2, 0.25) is 0 Å². The van der Waals surface area contributed by atoms with Gasteiger partial charge in [-0.05, 0) is 57.1 Å². The van der Waals surface area contributed by atoms with Crippen LogP contribution in [-0.2, 0) is 12.6 Å². The smallest absolute Gasteiger partial charge is 0.419 e. The number of carbonyl (C=O) groups is 1. The Hall–Kier alpha value is -2.65. The van der Waals surface area contributed by atoms with E-state index in [0.717, 1.165) is 42.2 Å². The summed E-state index contributed by atoms with van der Waals surface area (Å²) in [5, 5.41) is -0.640. The maximum atomic E-state index is 13.2. The first-order valence-electron chi connectivity index (χ1n) is 11.0. The van der Waals surface area contributed by atoms with Gasteiger partial charge < -0.3 is 14.4 Å². The predicted molar refractivity (Wildman–Crippen MR) is 125 cm³/mol. The second-order valence-electron chi connectivity index (χ2n) is 8.81. The Balaban J connectivity index is 1.62. The number of hydrogen-bond acceptors (Lipinski definition) is 5. The first kappa shape index (κ1) is 24.5. The van der Waals surface area contributed by atoms with Crippen molar-refractivity contribution in [3.8, 4) is 11.5 Å². The lowest BCUT2D eigenvalue weighted by Gasteiger charge is -2.44. The van der Waals surface area contributed by atoms with Crippen LogP contribution >= 0.6 is 11.6 Å². The Kier molecular flexibility index (Phi) is 6.61. The molecule has 0 saturated carbocycles. The quantitative estimate of drug-likeness (QED) is 0.563. The van der Waals surface area contributed by atoms with Gasteiger partial charge in [-0.2, -0.15) is 13.2 Å². The van der Waals surface area contributed by atoms with Crippen LogP contribution in [0.2, 0.25) is 5.02 Å². The fourth-order valence-electron chi connectivity index (χ4n) is 4.56. The number of halogens is 4. The van der Waals surface area contributed by atoms with Gasteiger partial charge in [-0.1, -0.05) is 17.7 Å². The Morgan fingerprint density at radius 3 is 2.38 bits per heavy atom. The molecule has 2 atom stereocenters. The zero-order valence-corrected chi connectivity index (χ0v) is 20.2. The highest BCUT2D eigenvalue weighted by atomic mass is 35.5. The van der Waals surface area contributed by atoms with Gasteiger partial charge in [-0.15, -0.1) is 0 Å². The molecular weight excluding hydrogens is 471 g/mol. The largest absolute Gasteiger partial charge is 0.495 e. The molecule has 2 unspecified atom stereocenters. The van der Waals surface area contributed by atoms with E-state index in [1.54, 1.807) is 7.11 Å². The topological polar surface area (TPSA) is 45.2 Å². The minimum Gasteiger partial charge on any atom is -0.495 e. The highest BCUT2D eigenvalue weighted by Gasteiger charge is 2.36. The minimum absolute atomic E-state index is 0.325. The number of likely N-dealkylation sites (N-methyl/N-ethyl adjacent to an activating group) is 1. The van der Waals surface area contributed by atoms with Crippen molar-refractivity contribution in [2.75, 3.05) is 43.6 Å². The predicted octanol–water partition coefficient (Wildman–Crippen LogP) is 5.46. The number of rotatable bonds is 3. The van der Waals surface area contributed by atoms with Crippen LogP contribution in [0.15, 0.2) is 30.3 Å². The first-order chi connectivity index (χ1) is 16.0. The molecule has 0 aromatic heterocycles. The third-order valence-electron chi connectivity index (χ3n) is 6.66. The van der Waals surface area contributed by atoms with Crippen molar-refractivity contribution >= 4 is 29.1 Å². The molecule has 10 heteroatoms. The van der Waals surface area contributed by atoms with Crippen molar-refractivity contribution in [2.24, 2.45) is 0 Å². The van der Waals surface area contributed by atoms with Gasteiger partial charge in [0.05, 0.1) is 29.1 Å². The number of benzene rings is 2. The average Bonchev–Trinajstić information content (AvgIpc) is 3.19. The van der Waals surface area contributed by atoms with Gasteiger partial charge in [-0.3, -0.25) is 9.80 Å².